The third-order valence-electron chi connectivity index (χ3n) is 0.185. The first-order valence-electron chi connectivity index (χ1n) is 1.65. The molecule has 2 heteroatoms. The lowest BCUT2D eigenvalue weighted by atomic mass is 10.6. The Kier molecular flexibility index (Phi) is 0.745. The molecule has 0 spiro atoms. The third kappa shape index (κ3) is 3.21. The molecule has 28 valence electrons. The van der Waals surface area contributed by atoms with E-state index in [1.54, 1.807) is 5.73 Å². The number of hydrogen-bond donors (Lipinski definition) is 1. The van der Waals surface area contributed by atoms with Gasteiger partial charge in [-0.05, 0) is 6.08 Å². The molecule has 0 atom stereocenters. The van der Waals surface area contributed by atoms with Crippen molar-refractivity contribution < 1.29 is 6.21 Å². The van der Waals surface area contributed by atoms with Gasteiger partial charge in [-0.1, -0.05) is 6.58 Å². The fourth-order valence-electron chi connectivity index (χ4n) is 0. The SMILES string of the molecule is [2H]NC(=O)C=C. The lowest BCUT2D eigenvalue weighted by molar-refractivity contribution is -0.113. The Morgan fingerprint density at radius 3 is 3.00 bits per heavy atom. The van der Waals surface area contributed by atoms with E-state index >= 15 is 0 Å². The highest BCUT2D eigenvalue weighted by atomic mass is 16.1. The molecule has 5 heavy (non-hydrogen) atoms. The zero-order valence-corrected chi connectivity index (χ0v) is 2.69. The molecule has 0 aromatic carbocycles. The number of amides is 1. The number of carbonyl (C=O) groups is 1. The van der Waals surface area contributed by atoms with Crippen LogP contribution in [0.4, 0.5) is 0 Å². The van der Waals surface area contributed by atoms with Crippen LogP contribution >= 0.6 is 0 Å². The fourth-order valence-corrected chi connectivity index (χ4v) is 0. The first-order valence-corrected chi connectivity index (χ1v) is 1.15. The van der Waals surface area contributed by atoms with Gasteiger partial charge in [-0.25, -0.2) is 0 Å². The van der Waals surface area contributed by atoms with Crippen molar-refractivity contribution in [3.63, 3.8) is 0 Å². The smallest absolute Gasteiger partial charge is 0.240 e. The van der Waals surface area contributed by atoms with Gasteiger partial charge >= 0.3 is 0 Å². The van der Waals surface area contributed by atoms with E-state index in [1.165, 1.54) is 0 Å². The molecule has 0 aliphatic rings. The minimum atomic E-state index is -0.477. The van der Waals surface area contributed by atoms with Gasteiger partial charge < -0.3 is 5.73 Å². The summed E-state index contributed by atoms with van der Waals surface area (Å²) >= 11 is 0. The van der Waals surface area contributed by atoms with Crippen LogP contribution in [0, 0.1) is 0 Å². The molecule has 0 aliphatic heterocycles. The zero-order valence-electron chi connectivity index (χ0n) is 3.69. The van der Waals surface area contributed by atoms with E-state index in [0.717, 1.165) is 6.08 Å². The van der Waals surface area contributed by atoms with Gasteiger partial charge in [-0.3, -0.25) is 4.79 Å². The topological polar surface area (TPSA) is 43.1 Å². The third-order valence-corrected chi connectivity index (χ3v) is 0.185. The summed E-state index contributed by atoms with van der Waals surface area (Å²) < 4.78 is 6.14. The van der Waals surface area contributed by atoms with Gasteiger partial charge in [0.05, 0.1) is 0 Å². The lowest BCUT2D eigenvalue weighted by Crippen LogP contribution is -2.04. The fraction of sp³-hybridized carbons (Fsp3) is 0. The molecule has 0 bridgehead atoms. The Bertz CT molecular complexity index is 71.2. The maximum atomic E-state index is 9.76. The maximum Gasteiger partial charge on any atom is 0.240 e. The Labute approximate surface area is 31.7 Å². The number of nitrogens with two attached hydrogens (primary N) is 1. The van der Waals surface area contributed by atoms with E-state index in [9.17, 15) is 4.79 Å². The van der Waals surface area contributed by atoms with E-state index < -0.39 is 5.91 Å². The average Bonchev–Trinajstić information content (AvgIpc) is 1.65. The first kappa shape index (κ1) is 2.45. The van der Waals surface area contributed by atoms with Crippen LogP contribution in [0.3, 0.4) is 0 Å². The quantitative estimate of drug-likeness (QED) is 0.423. The van der Waals surface area contributed by atoms with Crippen LogP contribution in [0.25, 0.3) is 0 Å². The summed E-state index contributed by atoms with van der Waals surface area (Å²) in [4.78, 5) is 9.76. The van der Waals surface area contributed by atoms with Crippen molar-refractivity contribution in [1.82, 2.24) is 0 Å². The molecule has 0 rings (SSSR count). The van der Waals surface area contributed by atoms with E-state index in [0.29, 0.717) is 0 Å². The van der Waals surface area contributed by atoms with E-state index in [1.807, 2.05) is 0 Å². The zero-order chi connectivity index (χ0) is 4.99. The standard InChI is InChI=1S/C3H5NO/c1-2-3(4)5/h2H,1H2,(H2,4,5)/i/hD. The Balaban J connectivity index is 3.23. The van der Waals surface area contributed by atoms with Crippen LogP contribution in [-0.2, 0) is 4.79 Å². The molecule has 0 saturated heterocycles. The van der Waals surface area contributed by atoms with Crippen molar-refractivity contribution in [2.24, 2.45) is 5.73 Å². The van der Waals surface area contributed by atoms with Crippen LogP contribution in [0.2, 0.25) is 1.41 Å². The summed E-state index contributed by atoms with van der Waals surface area (Å²) in [5.74, 6) is -0.477. The summed E-state index contributed by atoms with van der Waals surface area (Å²) in [5, 5.41) is 0. The monoisotopic (exact) mass is 72.0 g/mol. The summed E-state index contributed by atoms with van der Waals surface area (Å²) in [6, 6.07) is 0. The molecule has 0 aromatic heterocycles. The van der Waals surface area contributed by atoms with Gasteiger partial charge in [0.1, 0.15) is 0 Å². The molecule has 0 heterocycles. The second-order valence-electron chi connectivity index (χ2n) is 0.568. The van der Waals surface area contributed by atoms with Gasteiger partial charge in [0, 0.05) is 0 Å². The van der Waals surface area contributed by atoms with Crippen molar-refractivity contribution in [2.75, 3.05) is 0 Å². The molecular formula is C3H5NO. The molecule has 0 radical (unpaired) electrons. The Morgan fingerprint density at radius 1 is 2.40 bits per heavy atom. The van der Waals surface area contributed by atoms with Crippen molar-refractivity contribution in [3.05, 3.63) is 12.7 Å². The van der Waals surface area contributed by atoms with Crippen LogP contribution < -0.4 is 5.73 Å². The number of primary amides is 1. The van der Waals surface area contributed by atoms with Crippen molar-refractivity contribution in [1.29, 1.82) is 0 Å². The second kappa shape index (κ2) is 1.52. The molecule has 1 amide bonds. The van der Waals surface area contributed by atoms with Gasteiger partial charge in [-0.15, -0.1) is 0 Å². The van der Waals surface area contributed by atoms with Crippen LogP contribution in [-0.4, -0.2) is 5.91 Å². The highest BCUT2D eigenvalue weighted by Crippen LogP contribution is 1.48. The van der Waals surface area contributed by atoms with Crippen molar-refractivity contribution >= 4 is 5.91 Å². The van der Waals surface area contributed by atoms with Gasteiger partial charge in [0.2, 0.25) is 5.91 Å². The van der Waals surface area contributed by atoms with Gasteiger partial charge in [0.25, 0.3) is 0 Å². The number of carbonyl (C=O) groups excluding carboxylic acids is 1. The molecule has 0 saturated carbocycles. The van der Waals surface area contributed by atoms with E-state index in [-0.39, 0.29) is 0 Å². The average molecular weight is 72.1 g/mol. The summed E-state index contributed by atoms with van der Waals surface area (Å²) in [6.45, 7) is 3.10. The van der Waals surface area contributed by atoms with E-state index in [4.69, 9.17) is 1.41 Å². The van der Waals surface area contributed by atoms with Gasteiger partial charge in [-0.2, -0.15) is 0 Å². The predicted octanol–water partition coefficient (Wildman–Crippen LogP) is -0.342. The van der Waals surface area contributed by atoms with Crippen LogP contribution in [0.5, 0.6) is 0 Å². The summed E-state index contributed by atoms with van der Waals surface area (Å²) in [7, 11) is 0. The normalized spacial score (nSPS) is 8.40. The largest absolute Gasteiger partial charge is 0.366 e. The maximum absolute atomic E-state index is 9.76. The minimum Gasteiger partial charge on any atom is -0.366 e. The lowest BCUT2D eigenvalue weighted by Gasteiger charge is -1.65. The Morgan fingerprint density at radius 2 is 3.00 bits per heavy atom. The predicted molar refractivity (Wildman–Crippen MR) is 19.4 cm³/mol. The molecule has 0 aromatic rings. The first-order chi connectivity index (χ1) is 2.81. The molecule has 0 fully saturated rings. The minimum absolute atomic E-state index is 0.477. The van der Waals surface area contributed by atoms with Crippen LogP contribution in [0.15, 0.2) is 12.7 Å². The molecule has 2 nitrogen and oxygen atoms in total. The van der Waals surface area contributed by atoms with E-state index in [2.05, 4.69) is 6.58 Å². The Hall–Kier alpha value is -0.790. The summed E-state index contributed by atoms with van der Waals surface area (Å²) in [5.41, 5.74) is 1.61. The molecule has 0 aliphatic carbocycles. The summed E-state index contributed by atoms with van der Waals surface area (Å²) in [6.07, 6.45) is 1.03. The van der Waals surface area contributed by atoms with Crippen LogP contribution in [0.1, 0.15) is 0 Å². The molecule has 2 N–H and O–H groups in total. The second-order valence-corrected chi connectivity index (χ2v) is 0.568. The number of rotatable bonds is 1. The highest BCUT2D eigenvalue weighted by Gasteiger charge is 1.69. The molecule has 0 unspecified atom stereocenters. The highest BCUT2D eigenvalue weighted by molar-refractivity contribution is 5.84. The van der Waals surface area contributed by atoms with Crippen molar-refractivity contribution in [3.8, 4) is 0 Å². The van der Waals surface area contributed by atoms with Crippen molar-refractivity contribution in [2.45, 2.75) is 0 Å². The number of hydrogen-bond acceptors (Lipinski definition) is 1. The van der Waals surface area contributed by atoms with Gasteiger partial charge in [0.15, 0.2) is 1.41 Å². The molecular weight excluding hydrogens is 66.0 g/mol.